The predicted octanol–water partition coefficient (Wildman–Crippen LogP) is 1.92. The highest BCUT2D eigenvalue weighted by molar-refractivity contribution is 6.08. The van der Waals surface area contributed by atoms with Gasteiger partial charge in [0, 0.05) is 11.8 Å². The molecule has 0 aliphatic rings. The molecule has 0 aliphatic heterocycles. The zero-order valence-corrected chi connectivity index (χ0v) is 7.50. The van der Waals surface area contributed by atoms with Crippen molar-refractivity contribution in [1.29, 1.82) is 0 Å². The average molecular weight is 208 g/mol. The van der Waals surface area contributed by atoms with E-state index in [-0.39, 0.29) is 5.56 Å². The van der Waals surface area contributed by atoms with Crippen LogP contribution in [-0.2, 0) is 0 Å². The van der Waals surface area contributed by atoms with Crippen molar-refractivity contribution in [2.45, 2.75) is 0 Å². The van der Waals surface area contributed by atoms with Gasteiger partial charge in [-0.25, -0.2) is 8.78 Å². The quantitative estimate of drug-likeness (QED) is 0.766. The number of benzene rings is 1. The fraction of sp³-hybridized carbons (Fsp3) is 0. The summed E-state index contributed by atoms with van der Waals surface area (Å²) in [5.41, 5.74) is 0.399. The number of halogens is 2. The molecule has 1 N–H and O–H groups in total. The van der Waals surface area contributed by atoms with E-state index in [9.17, 15) is 13.6 Å². The lowest BCUT2D eigenvalue weighted by atomic mass is 10.1. The van der Waals surface area contributed by atoms with Gasteiger partial charge in [0.1, 0.15) is 0 Å². The van der Waals surface area contributed by atoms with Gasteiger partial charge in [-0.3, -0.25) is 9.89 Å². The third-order valence-electron chi connectivity index (χ3n) is 1.94. The van der Waals surface area contributed by atoms with Gasteiger partial charge in [0.05, 0.1) is 11.8 Å². The van der Waals surface area contributed by atoms with Crippen molar-refractivity contribution in [3.63, 3.8) is 0 Å². The number of ketones is 1. The molecule has 2 aromatic rings. The molecule has 0 saturated carbocycles. The van der Waals surface area contributed by atoms with Crippen LogP contribution in [0.3, 0.4) is 0 Å². The predicted molar refractivity (Wildman–Crippen MR) is 48.4 cm³/mol. The lowest BCUT2D eigenvalue weighted by molar-refractivity contribution is 0.103. The largest absolute Gasteiger partial charge is 0.288 e. The van der Waals surface area contributed by atoms with Crippen molar-refractivity contribution in [3.05, 3.63) is 53.4 Å². The van der Waals surface area contributed by atoms with Crippen molar-refractivity contribution in [3.8, 4) is 0 Å². The monoisotopic (exact) mass is 208 g/mol. The minimum Gasteiger partial charge on any atom is -0.288 e. The SMILES string of the molecule is O=C(c1cn[nH]c1)c1ccc(F)c(F)c1. The Morgan fingerprint density at radius 2 is 2.00 bits per heavy atom. The molecule has 0 atom stereocenters. The molecule has 1 aromatic heterocycles. The van der Waals surface area contributed by atoms with E-state index in [1.165, 1.54) is 18.5 Å². The highest BCUT2D eigenvalue weighted by atomic mass is 19.2. The number of nitrogens with zero attached hydrogens (tertiary/aromatic N) is 1. The zero-order valence-electron chi connectivity index (χ0n) is 7.50. The van der Waals surface area contributed by atoms with Gasteiger partial charge in [-0.1, -0.05) is 0 Å². The Labute approximate surface area is 83.7 Å². The highest BCUT2D eigenvalue weighted by Gasteiger charge is 2.12. The summed E-state index contributed by atoms with van der Waals surface area (Å²) >= 11 is 0. The van der Waals surface area contributed by atoms with Crippen molar-refractivity contribution < 1.29 is 13.6 Å². The van der Waals surface area contributed by atoms with Crippen LogP contribution in [0.25, 0.3) is 0 Å². The molecule has 15 heavy (non-hydrogen) atoms. The standard InChI is InChI=1S/C10H6F2N2O/c11-8-2-1-6(3-9(8)12)10(15)7-4-13-14-5-7/h1-5H,(H,13,14). The second-order valence-electron chi connectivity index (χ2n) is 2.94. The number of hydrogen-bond acceptors (Lipinski definition) is 2. The summed E-state index contributed by atoms with van der Waals surface area (Å²) in [6.45, 7) is 0. The molecule has 0 radical (unpaired) electrons. The van der Waals surface area contributed by atoms with E-state index in [1.54, 1.807) is 0 Å². The van der Waals surface area contributed by atoms with Crippen molar-refractivity contribution in [1.82, 2.24) is 10.2 Å². The average Bonchev–Trinajstić information content (AvgIpc) is 2.74. The normalized spacial score (nSPS) is 10.3. The van der Waals surface area contributed by atoms with Gasteiger partial charge in [0.2, 0.25) is 0 Å². The topological polar surface area (TPSA) is 45.8 Å². The van der Waals surface area contributed by atoms with Crippen LogP contribution in [0.1, 0.15) is 15.9 Å². The van der Waals surface area contributed by atoms with Gasteiger partial charge >= 0.3 is 0 Å². The van der Waals surface area contributed by atoms with Gasteiger partial charge in [0.15, 0.2) is 17.4 Å². The number of rotatable bonds is 2. The molecule has 1 heterocycles. The summed E-state index contributed by atoms with van der Waals surface area (Å²) in [4.78, 5) is 11.6. The third kappa shape index (κ3) is 1.76. The lowest BCUT2D eigenvalue weighted by Crippen LogP contribution is -2.01. The van der Waals surface area contributed by atoms with Gasteiger partial charge < -0.3 is 0 Å². The summed E-state index contributed by atoms with van der Waals surface area (Å²) in [6, 6.07) is 3.01. The first-order valence-electron chi connectivity index (χ1n) is 4.17. The van der Waals surface area contributed by atoms with Crippen LogP contribution in [0.4, 0.5) is 8.78 Å². The van der Waals surface area contributed by atoms with Gasteiger partial charge in [-0.05, 0) is 18.2 Å². The molecule has 1 aromatic carbocycles. The molecular formula is C10H6F2N2O. The number of nitrogens with one attached hydrogen (secondary N) is 1. The van der Waals surface area contributed by atoms with E-state index in [0.717, 1.165) is 12.1 Å². The van der Waals surface area contributed by atoms with Crippen molar-refractivity contribution in [2.75, 3.05) is 0 Å². The molecule has 5 heteroatoms. The van der Waals surface area contributed by atoms with E-state index in [2.05, 4.69) is 10.2 Å². The van der Waals surface area contributed by atoms with E-state index >= 15 is 0 Å². The second kappa shape index (κ2) is 3.61. The summed E-state index contributed by atoms with van der Waals surface area (Å²) in [5.74, 6) is -2.41. The Bertz CT molecular complexity index is 494. The van der Waals surface area contributed by atoms with Crippen LogP contribution in [0, 0.1) is 11.6 Å². The molecule has 0 bridgehead atoms. The molecular weight excluding hydrogens is 202 g/mol. The number of aromatic nitrogens is 2. The van der Waals surface area contributed by atoms with E-state index in [0.29, 0.717) is 5.56 Å². The van der Waals surface area contributed by atoms with Crippen LogP contribution in [0.5, 0.6) is 0 Å². The number of H-pyrrole nitrogens is 1. The van der Waals surface area contributed by atoms with Crippen molar-refractivity contribution in [2.24, 2.45) is 0 Å². The molecule has 0 fully saturated rings. The smallest absolute Gasteiger partial charge is 0.196 e. The third-order valence-corrected chi connectivity index (χ3v) is 1.94. The van der Waals surface area contributed by atoms with Crippen LogP contribution >= 0.6 is 0 Å². The fourth-order valence-corrected chi connectivity index (χ4v) is 1.18. The molecule has 76 valence electrons. The minimum absolute atomic E-state index is 0.0929. The van der Waals surface area contributed by atoms with Crippen molar-refractivity contribution >= 4 is 5.78 Å². The minimum atomic E-state index is -1.04. The summed E-state index contributed by atoms with van der Waals surface area (Å²) < 4.78 is 25.4. The Balaban J connectivity index is 2.39. The molecule has 2 rings (SSSR count). The maximum absolute atomic E-state index is 12.8. The fourth-order valence-electron chi connectivity index (χ4n) is 1.18. The number of carbonyl (C=O) groups excluding carboxylic acids is 1. The zero-order chi connectivity index (χ0) is 10.8. The van der Waals surface area contributed by atoms with E-state index < -0.39 is 17.4 Å². The Kier molecular flexibility index (Phi) is 2.29. The van der Waals surface area contributed by atoms with Crippen LogP contribution < -0.4 is 0 Å². The maximum atomic E-state index is 12.8. The first kappa shape index (κ1) is 9.51. The molecule has 0 amide bonds. The number of carbonyl (C=O) groups is 1. The summed E-state index contributed by atoms with van der Waals surface area (Å²) in [6.07, 6.45) is 2.72. The van der Waals surface area contributed by atoms with E-state index in [4.69, 9.17) is 0 Å². The summed E-state index contributed by atoms with van der Waals surface area (Å²) in [7, 11) is 0. The Morgan fingerprint density at radius 3 is 2.60 bits per heavy atom. The summed E-state index contributed by atoms with van der Waals surface area (Å²) in [5, 5.41) is 6.06. The van der Waals surface area contributed by atoms with Crippen LogP contribution in [-0.4, -0.2) is 16.0 Å². The maximum Gasteiger partial charge on any atom is 0.196 e. The molecule has 3 nitrogen and oxygen atoms in total. The van der Waals surface area contributed by atoms with Gasteiger partial charge in [-0.15, -0.1) is 0 Å². The number of aromatic amines is 1. The lowest BCUT2D eigenvalue weighted by Gasteiger charge is -1.98. The number of hydrogen-bond donors (Lipinski definition) is 1. The first-order valence-corrected chi connectivity index (χ1v) is 4.17. The van der Waals surface area contributed by atoms with Gasteiger partial charge in [-0.2, -0.15) is 5.10 Å². The Hall–Kier alpha value is -2.04. The Morgan fingerprint density at radius 1 is 1.20 bits per heavy atom. The van der Waals surface area contributed by atoms with E-state index in [1.807, 2.05) is 0 Å². The second-order valence-corrected chi connectivity index (χ2v) is 2.94. The molecule has 0 saturated heterocycles. The van der Waals surface area contributed by atoms with Gasteiger partial charge in [0.25, 0.3) is 0 Å². The highest BCUT2D eigenvalue weighted by Crippen LogP contribution is 2.12. The van der Waals surface area contributed by atoms with Crippen LogP contribution in [0.2, 0.25) is 0 Å². The van der Waals surface area contributed by atoms with Crippen LogP contribution in [0.15, 0.2) is 30.6 Å². The first-order chi connectivity index (χ1) is 7.18. The molecule has 0 unspecified atom stereocenters. The molecule has 0 spiro atoms. The molecule has 0 aliphatic carbocycles.